The highest BCUT2D eigenvalue weighted by Gasteiger charge is 2.32. The van der Waals surface area contributed by atoms with Crippen LogP contribution >= 0.6 is 0 Å². The van der Waals surface area contributed by atoms with Crippen molar-refractivity contribution in [3.63, 3.8) is 0 Å². The number of carbonyl (C=O) groups excluding carboxylic acids is 1. The number of benzene rings is 1. The van der Waals surface area contributed by atoms with Gasteiger partial charge in [0.25, 0.3) is 5.91 Å². The van der Waals surface area contributed by atoms with E-state index in [1.165, 1.54) is 5.57 Å². The van der Waals surface area contributed by atoms with Gasteiger partial charge in [-0.05, 0) is 53.0 Å². The summed E-state index contributed by atoms with van der Waals surface area (Å²) in [7, 11) is 4.04. The molecule has 3 aliphatic heterocycles. The van der Waals surface area contributed by atoms with Crippen LogP contribution in [0, 0.1) is 5.92 Å². The van der Waals surface area contributed by atoms with Gasteiger partial charge in [-0.15, -0.1) is 0 Å². The molecule has 0 radical (unpaired) electrons. The van der Waals surface area contributed by atoms with Gasteiger partial charge in [0.15, 0.2) is 0 Å². The first-order chi connectivity index (χ1) is 17.1. The quantitative estimate of drug-likeness (QED) is 0.531. The summed E-state index contributed by atoms with van der Waals surface area (Å²) in [5.74, 6) is 1.27. The molecule has 1 saturated heterocycles. The van der Waals surface area contributed by atoms with Crippen molar-refractivity contribution in [2.45, 2.75) is 19.0 Å². The lowest BCUT2D eigenvalue weighted by atomic mass is 9.89. The van der Waals surface area contributed by atoms with Gasteiger partial charge in [0.1, 0.15) is 11.5 Å². The number of nitrogens with two attached hydrogens (primary N) is 1. The van der Waals surface area contributed by atoms with E-state index < -0.39 is 0 Å². The molecule has 35 heavy (non-hydrogen) atoms. The first kappa shape index (κ1) is 21.9. The molecule has 6 rings (SSSR count). The maximum Gasteiger partial charge on any atom is 0.254 e. The molecule has 8 heteroatoms. The minimum atomic E-state index is -0.0588. The maximum atomic E-state index is 13.0. The molecule has 3 aliphatic rings. The summed E-state index contributed by atoms with van der Waals surface area (Å²) in [5, 5.41) is 7.63. The van der Waals surface area contributed by atoms with Gasteiger partial charge in [-0.25, -0.2) is 4.98 Å². The first-order valence-electron chi connectivity index (χ1n) is 12.1. The van der Waals surface area contributed by atoms with E-state index in [9.17, 15) is 4.79 Å². The average molecular weight is 471 g/mol. The third-order valence-electron chi connectivity index (χ3n) is 7.58. The molecule has 0 bridgehead atoms. The number of anilines is 1. The SMILES string of the molecule is CN1C(Nc2ccc(-c3ccnc4c3ccn4C)c3c2C(=O)NC3)=CC=C([C@H]2CCOC2)C1CN. The van der Waals surface area contributed by atoms with Crippen LogP contribution in [0.5, 0.6) is 0 Å². The van der Waals surface area contributed by atoms with E-state index in [1.54, 1.807) is 0 Å². The van der Waals surface area contributed by atoms with Crippen molar-refractivity contribution in [3.8, 4) is 11.1 Å². The van der Waals surface area contributed by atoms with Crippen molar-refractivity contribution < 1.29 is 9.53 Å². The molecular formula is C27H30N6O2. The zero-order valence-electron chi connectivity index (χ0n) is 20.0. The van der Waals surface area contributed by atoms with Crippen LogP contribution in [0.15, 0.2) is 60.2 Å². The van der Waals surface area contributed by atoms with Crippen LogP contribution in [-0.4, -0.2) is 53.2 Å². The smallest absolute Gasteiger partial charge is 0.254 e. The van der Waals surface area contributed by atoms with Gasteiger partial charge < -0.3 is 30.6 Å². The fraction of sp³-hybridized carbons (Fsp3) is 0.333. The Kier molecular flexibility index (Phi) is 5.35. The van der Waals surface area contributed by atoms with Crippen molar-refractivity contribution in [1.29, 1.82) is 0 Å². The number of hydrogen-bond donors (Lipinski definition) is 3. The van der Waals surface area contributed by atoms with Crippen molar-refractivity contribution >= 4 is 22.6 Å². The number of amides is 1. The van der Waals surface area contributed by atoms with Gasteiger partial charge in [0.05, 0.1) is 23.9 Å². The number of hydrogen-bond acceptors (Lipinski definition) is 6. The van der Waals surface area contributed by atoms with Gasteiger partial charge in [0.2, 0.25) is 0 Å². The van der Waals surface area contributed by atoms with Crippen LogP contribution in [-0.2, 0) is 18.3 Å². The van der Waals surface area contributed by atoms with E-state index in [1.807, 2.05) is 36.1 Å². The van der Waals surface area contributed by atoms with E-state index in [4.69, 9.17) is 10.5 Å². The van der Waals surface area contributed by atoms with Gasteiger partial charge in [-0.1, -0.05) is 12.1 Å². The van der Waals surface area contributed by atoms with Crippen molar-refractivity contribution in [3.05, 3.63) is 71.3 Å². The molecular weight excluding hydrogens is 440 g/mol. The number of nitrogens with zero attached hydrogens (tertiary/aromatic N) is 3. The highest BCUT2D eigenvalue weighted by Crippen LogP contribution is 2.38. The summed E-state index contributed by atoms with van der Waals surface area (Å²) in [4.78, 5) is 19.7. The number of ether oxygens (including phenoxy) is 1. The number of fused-ring (bicyclic) bond motifs is 2. The molecule has 0 spiro atoms. The number of allylic oxidation sites excluding steroid dienone is 2. The second-order valence-electron chi connectivity index (χ2n) is 9.49. The Bertz CT molecular complexity index is 1380. The number of likely N-dealkylation sites (N-methyl/N-ethyl adjacent to an activating group) is 1. The molecule has 4 N–H and O–H groups in total. The minimum Gasteiger partial charge on any atom is -0.381 e. The zero-order chi connectivity index (χ0) is 24.1. The van der Waals surface area contributed by atoms with Crippen LogP contribution in [0.3, 0.4) is 0 Å². The molecule has 1 aromatic carbocycles. The Morgan fingerprint density at radius 2 is 2.09 bits per heavy atom. The summed E-state index contributed by atoms with van der Waals surface area (Å²) in [5.41, 5.74) is 13.1. The van der Waals surface area contributed by atoms with Crippen LogP contribution < -0.4 is 16.4 Å². The predicted octanol–water partition coefficient (Wildman–Crippen LogP) is 2.97. The number of aromatic nitrogens is 2. The Morgan fingerprint density at radius 3 is 2.89 bits per heavy atom. The van der Waals surface area contributed by atoms with Crippen LogP contribution in [0.4, 0.5) is 5.69 Å². The van der Waals surface area contributed by atoms with Crippen molar-refractivity contribution in [2.24, 2.45) is 18.7 Å². The lowest BCUT2D eigenvalue weighted by Gasteiger charge is -2.38. The molecule has 180 valence electrons. The summed E-state index contributed by atoms with van der Waals surface area (Å²) in [6, 6.07) is 8.30. The topological polar surface area (TPSA) is 97.4 Å². The van der Waals surface area contributed by atoms with Crippen LogP contribution in [0.1, 0.15) is 22.3 Å². The molecule has 3 aromatic rings. The summed E-state index contributed by atoms with van der Waals surface area (Å²) < 4.78 is 7.62. The maximum absolute atomic E-state index is 13.0. The van der Waals surface area contributed by atoms with Gasteiger partial charge >= 0.3 is 0 Å². The number of carbonyl (C=O) groups is 1. The first-order valence-corrected chi connectivity index (χ1v) is 12.1. The number of nitrogens with one attached hydrogen (secondary N) is 2. The molecule has 2 aromatic heterocycles. The number of rotatable bonds is 5. The lowest BCUT2D eigenvalue weighted by Crippen LogP contribution is -2.44. The van der Waals surface area contributed by atoms with Gasteiger partial charge in [-0.3, -0.25) is 4.79 Å². The second kappa shape index (κ2) is 8.55. The number of aryl methyl sites for hydroxylation is 1. The zero-order valence-corrected chi connectivity index (χ0v) is 20.0. The average Bonchev–Trinajstić information content (AvgIpc) is 3.62. The third kappa shape index (κ3) is 3.52. The Labute approximate surface area is 204 Å². The third-order valence-corrected chi connectivity index (χ3v) is 7.58. The van der Waals surface area contributed by atoms with Gasteiger partial charge in [0, 0.05) is 57.5 Å². The van der Waals surface area contributed by atoms with Crippen molar-refractivity contribution in [2.75, 3.05) is 32.1 Å². The lowest BCUT2D eigenvalue weighted by molar-refractivity contribution is 0.0966. The summed E-state index contributed by atoms with van der Waals surface area (Å²) >= 11 is 0. The molecule has 2 atom stereocenters. The van der Waals surface area contributed by atoms with Gasteiger partial charge in [-0.2, -0.15) is 0 Å². The monoisotopic (exact) mass is 470 g/mol. The van der Waals surface area contributed by atoms with Crippen molar-refractivity contribution in [1.82, 2.24) is 19.8 Å². The fourth-order valence-corrected chi connectivity index (χ4v) is 5.67. The summed E-state index contributed by atoms with van der Waals surface area (Å²) in [6.45, 7) is 2.58. The van der Waals surface area contributed by atoms with E-state index in [-0.39, 0.29) is 11.9 Å². The minimum absolute atomic E-state index is 0.0588. The van der Waals surface area contributed by atoms with Crippen LogP contribution in [0.25, 0.3) is 22.2 Å². The summed E-state index contributed by atoms with van der Waals surface area (Å²) in [6.07, 6.45) is 9.14. The Morgan fingerprint density at radius 1 is 1.20 bits per heavy atom. The molecule has 0 saturated carbocycles. The molecule has 5 heterocycles. The Hall–Kier alpha value is -3.62. The standard InChI is InChI=1S/C27H30N6O2/c1-32-11-8-20-19(7-10-29-26(20)32)18-3-5-22(25-21(18)14-30-27(25)34)31-24-6-4-17(16-9-12-35-15-16)23(13-28)33(24)2/h3-8,10-11,16,23,31H,9,12-15,28H2,1-2H3,(H,30,34)/t16-,23?/m0/s1. The van der Waals surface area contributed by atoms with E-state index in [2.05, 4.69) is 51.8 Å². The molecule has 1 amide bonds. The van der Waals surface area contributed by atoms with E-state index in [0.717, 1.165) is 58.9 Å². The Balaban J connectivity index is 1.39. The second-order valence-corrected chi connectivity index (χ2v) is 9.49. The highest BCUT2D eigenvalue weighted by molar-refractivity contribution is 6.07. The van der Waals surface area contributed by atoms with E-state index >= 15 is 0 Å². The van der Waals surface area contributed by atoms with Crippen LogP contribution in [0.2, 0.25) is 0 Å². The largest absolute Gasteiger partial charge is 0.381 e. The predicted molar refractivity (Wildman–Crippen MR) is 137 cm³/mol. The molecule has 8 nitrogen and oxygen atoms in total. The molecule has 1 unspecified atom stereocenters. The number of pyridine rings is 1. The molecule has 0 aliphatic carbocycles. The normalized spacial score (nSPS) is 21.7. The van der Waals surface area contributed by atoms with E-state index in [0.29, 0.717) is 24.6 Å². The fourth-order valence-electron chi connectivity index (χ4n) is 5.67. The molecule has 1 fully saturated rings. The highest BCUT2D eigenvalue weighted by atomic mass is 16.5.